The van der Waals surface area contributed by atoms with Gasteiger partial charge in [-0.25, -0.2) is 4.98 Å². The Balaban J connectivity index is 0. The first-order chi connectivity index (χ1) is 7.08. The van der Waals surface area contributed by atoms with Crippen LogP contribution in [0.5, 0.6) is 0 Å². The van der Waals surface area contributed by atoms with Crippen molar-refractivity contribution >= 4 is 15.2 Å². The quantitative estimate of drug-likeness (QED) is 0.270. The number of nitrogens with zero attached hydrogens (tertiary/aromatic N) is 2. The van der Waals surface area contributed by atoms with Gasteiger partial charge in [-0.15, -0.1) is 0 Å². The second kappa shape index (κ2) is 6.74. The molecular formula is C5H12N2NaO8P2+. The van der Waals surface area contributed by atoms with Crippen molar-refractivity contribution in [2.45, 2.75) is 11.6 Å². The Morgan fingerprint density at radius 1 is 1.17 bits per heavy atom. The van der Waals surface area contributed by atoms with Crippen LogP contribution in [0.4, 0.5) is 0 Å². The number of hydrogen-bond acceptors (Lipinski definition) is 4. The van der Waals surface area contributed by atoms with E-state index < -0.39 is 26.8 Å². The Morgan fingerprint density at radius 3 is 1.89 bits per heavy atom. The molecule has 0 saturated heterocycles. The predicted molar refractivity (Wildman–Crippen MR) is 54.9 cm³/mol. The molecule has 0 aliphatic carbocycles. The van der Waals surface area contributed by atoms with Crippen molar-refractivity contribution in [1.29, 1.82) is 0 Å². The zero-order valence-electron chi connectivity index (χ0n) is 9.28. The normalized spacial score (nSPS) is 12.5. The minimum atomic E-state index is -5.41. The fourth-order valence-electron chi connectivity index (χ4n) is 0.979. The topological polar surface area (TPSA) is 185 Å². The van der Waals surface area contributed by atoms with Crippen molar-refractivity contribution in [3.8, 4) is 0 Å². The van der Waals surface area contributed by atoms with Crippen molar-refractivity contribution in [1.82, 2.24) is 9.55 Å². The molecule has 0 fully saturated rings. The molecule has 1 heterocycles. The number of aliphatic hydroxyl groups is 1. The van der Waals surface area contributed by atoms with Crippen molar-refractivity contribution in [2.75, 3.05) is 0 Å². The Hall–Kier alpha value is 0.430. The Kier molecular flexibility index (Phi) is 7.76. The summed E-state index contributed by atoms with van der Waals surface area (Å²) in [6.07, 6.45) is 3.51. The van der Waals surface area contributed by atoms with Crippen molar-refractivity contribution in [3.63, 3.8) is 0 Å². The maximum atomic E-state index is 10.9. The van der Waals surface area contributed by atoms with Crippen LogP contribution in [0, 0.1) is 0 Å². The summed E-state index contributed by atoms with van der Waals surface area (Å²) in [5.74, 6) is 0. The molecule has 0 aliphatic rings. The molecule has 0 amide bonds. The first-order valence-corrected chi connectivity index (χ1v) is 7.10. The first kappa shape index (κ1) is 20.7. The molecule has 0 atom stereocenters. The fourth-order valence-corrected chi connectivity index (χ4v) is 3.03. The van der Waals surface area contributed by atoms with E-state index in [1.165, 1.54) is 12.4 Å². The van der Waals surface area contributed by atoms with E-state index in [1.807, 2.05) is 0 Å². The van der Waals surface area contributed by atoms with Crippen LogP contribution in [0.15, 0.2) is 18.7 Å². The number of rotatable bonds is 4. The molecule has 0 unspecified atom stereocenters. The smallest absolute Gasteiger partial charge is 0.412 e. The monoisotopic (exact) mass is 313 g/mol. The summed E-state index contributed by atoms with van der Waals surface area (Å²) in [5.41, 5.74) is 0. The summed E-state index contributed by atoms with van der Waals surface area (Å²) in [6, 6.07) is 0. The minimum Gasteiger partial charge on any atom is -0.412 e. The van der Waals surface area contributed by atoms with E-state index in [1.54, 1.807) is 0 Å². The maximum absolute atomic E-state index is 10.9. The zero-order chi connectivity index (χ0) is 12.6. The first-order valence-electron chi connectivity index (χ1n) is 3.87. The van der Waals surface area contributed by atoms with E-state index in [2.05, 4.69) is 4.98 Å². The van der Waals surface area contributed by atoms with Gasteiger partial charge in [0.25, 0.3) is 5.08 Å². The van der Waals surface area contributed by atoms with E-state index in [9.17, 15) is 14.2 Å². The van der Waals surface area contributed by atoms with Gasteiger partial charge in [0, 0.05) is 12.4 Å². The van der Waals surface area contributed by atoms with E-state index >= 15 is 0 Å². The molecule has 0 saturated carbocycles. The molecule has 7 N–H and O–H groups in total. The predicted octanol–water partition coefficient (Wildman–Crippen LogP) is -4.94. The summed E-state index contributed by atoms with van der Waals surface area (Å²) >= 11 is 0. The number of imidazole rings is 1. The van der Waals surface area contributed by atoms with E-state index in [-0.39, 0.29) is 35.0 Å². The van der Waals surface area contributed by atoms with Crippen LogP contribution in [0.2, 0.25) is 0 Å². The van der Waals surface area contributed by atoms with Gasteiger partial charge in [0.2, 0.25) is 0 Å². The molecule has 0 aliphatic heterocycles. The van der Waals surface area contributed by atoms with Gasteiger partial charge < -0.3 is 34.7 Å². The Labute approximate surface area is 124 Å². The zero-order valence-corrected chi connectivity index (χ0v) is 13.1. The SMILES string of the molecule is O.O=P(O)(O)C(O)(Cn1ccnc1)P(=O)(O)O.[Na+]. The van der Waals surface area contributed by atoms with Crippen LogP contribution in [0.3, 0.4) is 0 Å². The largest absolute Gasteiger partial charge is 1.00 e. The van der Waals surface area contributed by atoms with Crippen LogP contribution in [0.1, 0.15) is 0 Å². The summed E-state index contributed by atoms with van der Waals surface area (Å²) in [7, 11) is -10.8. The fraction of sp³-hybridized carbons (Fsp3) is 0.400. The number of hydrogen-bond donors (Lipinski definition) is 5. The van der Waals surface area contributed by atoms with Gasteiger partial charge in [0.15, 0.2) is 0 Å². The summed E-state index contributed by atoms with van der Waals surface area (Å²) in [4.78, 5) is 38.7. The molecule has 1 aromatic heterocycles. The molecule has 0 bridgehead atoms. The van der Waals surface area contributed by atoms with Crippen molar-refractivity contribution in [3.05, 3.63) is 18.7 Å². The van der Waals surface area contributed by atoms with Gasteiger partial charge in [-0.1, -0.05) is 0 Å². The second-order valence-electron chi connectivity index (χ2n) is 3.10. The maximum Gasteiger partial charge on any atom is 1.00 e. The van der Waals surface area contributed by atoms with Crippen LogP contribution >= 0.6 is 15.2 Å². The van der Waals surface area contributed by atoms with Crippen LogP contribution in [-0.2, 0) is 15.7 Å². The summed E-state index contributed by atoms with van der Waals surface area (Å²) in [6.45, 7) is -0.957. The van der Waals surface area contributed by atoms with Gasteiger partial charge in [-0.3, -0.25) is 9.13 Å². The van der Waals surface area contributed by atoms with E-state index in [4.69, 9.17) is 19.6 Å². The van der Waals surface area contributed by atoms with Gasteiger partial charge in [-0.05, 0) is 0 Å². The van der Waals surface area contributed by atoms with E-state index in [0.29, 0.717) is 0 Å². The van der Waals surface area contributed by atoms with Crippen molar-refractivity contribution < 1.29 is 68.8 Å². The van der Waals surface area contributed by atoms with E-state index in [0.717, 1.165) is 10.9 Å². The Morgan fingerprint density at radius 2 is 1.61 bits per heavy atom. The molecule has 0 spiro atoms. The van der Waals surface area contributed by atoms with Crippen LogP contribution in [-0.4, -0.2) is 44.8 Å². The van der Waals surface area contributed by atoms with Crippen molar-refractivity contribution in [2.24, 2.45) is 0 Å². The van der Waals surface area contributed by atoms with Gasteiger partial charge in [0.1, 0.15) is 0 Å². The molecule has 13 heteroatoms. The molecule has 1 aromatic rings. The third-order valence-corrected chi connectivity index (χ3v) is 5.60. The molecule has 0 aromatic carbocycles. The molecule has 100 valence electrons. The molecule has 10 nitrogen and oxygen atoms in total. The third-order valence-electron chi connectivity index (χ3n) is 1.89. The molecular weight excluding hydrogens is 301 g/mol. The average molecular weight is 313 g/mol. The van der Waals surface area contributed by atoms with Gasteiger partial charge >= 0.3 is 44.7 Å². The summed E-state index contributed by atoms with van der Waals surface area (Å²) < 4.78 is 22.8. The van der Waals surface area contributed by atoms with Crippen LogP contribution in [0.25, 0.3) is 0 Å². The molecule has 0 radical (unpaired) electrons. The average Bonchev–Trinajstić information content (AvgIpc) is 2.52. The Bertz CT molecular complexity index is 430. The minimum absolute atomic E-state index is 0. The van der Waals surface area contributed by atoms with Gasteiger partial charge in [-0.2, -0.15) is 0 Å². The molecule has 18 heavy (non-hydrogen) atoms. The summed E-state index contributed by atoms with van der Waals surface area (Å²) in [5, 5.41) is 6.04. The van der Waals surface area contributed by atoms with Crippen LogP contribution < -0.4 is 29.6 Å². The second-order valence-corrected chi connectivity index (χ2v) is 7.11. The third kappa shape index (κ3) is 4.22. The van der Waals surface area contributed by atoms with Gasteiger partial charge in [0.05, 0.1) is 12.9 Å². The standard InChI is InChI=1S/C5H10N2O7P2.Na.H2O/c8-5(15(9,10)11,16(12,13)14)3-7-2-1-6-4-7;;/h1-2,4,8H,3H2,(H2,9,10,11)(H2,12,13,14);;1H2/q;+1;. The number of aromatic nitrogens is 2. The molecule has 1 rings (SSSR count).